The van der Waals surface area contributed by atoms with Gasteiger partial charge in [0.25, 0.3) is 0 Å². The van der Waals surface area contributed by atoms with Crippen LogP contribution in [0.5, 0.6) is 0 Å². The van der Waals surface area contributed by atoms with Gasteiger partial charge >= 0.3 is 27.3 Å². The van der Waals surface area contributed by atoms with Crippen molar-refractivity contribution in [1.29, 1.82) is 0 Å². The minimum absolute atomic E-state index is 0. The van der Waals surface area contributed by atoms with Crippen LogP contribution in [0.4, 0.5) is 0 Å². The fourth-order valence-electron chi connectivity index (χ4n) is 6.32. The molecule has 336 valence electrons. The Bertz CT molecular complexity index is 664. The Morgan fingerprint density at radius 3 is 0.439 bits per heavy atom. The summed E-state index contributed by atoms with van der Waals surface area (Å²) in [6.45, 7) is 8.89. The molecule has 0 aromatic carbocycles. The maximum absolute atomic E-state index is 10.1. The third kappa shape index (κ3) is 83.4. The van der Waals surface area contributed by atoms with Gasteiger partial charge in [0.05, 0.1) is 0 Å². The maximum atomic E-state index is 10.1. The zero-order valence-corrected chi connectivity index (χ0v) is 41.9. The number of carbonyl (C=O) groups excluding carboxylic acids is 4. The van der Waals surface area contributed by atoms with Crippen molar-refractivity contribution in [3.63, 3.8) is 0 Å². The Morgan fingerprint density at radius 2 is 0.333 bits per heavy atom. The summed E-state index contributed by atoms with van der Waals surface area (Å²) in [6.07, 6.45) is 44.7. The van der Waals surface area contributed by atoms with Crippen LogP contribution in [0.15, 0.2) is 0 Å². The van der Waals surface area contributed by atoms with Gasteiger partial charge in [-0.05, 0) is 51.4 Å². The summed E-state index contributed by atoms with van der Waals surface area (Å²) < 4.78 is 0. The van der Waals surface area contributed by atoms with Crippen LogP contribution in [0.1, 0.15) is 285 Å². The van der Waals surface area contributed by atoms with E-state index in [-0.39, 0.29) is 53.0 Å². The van der Waals surface area contributed by atoms with E-state index in [1.807, 2.05) is 0 Å². The molecule has 8 nitrogen and oxygen atoms in total. The predicted molar refractivity (Wildman–Crippen MR) is 233 cm³/mol. The van der Waals surface area contributed by atoms with E-state index in [0.29, 0.717) is 0 Å². The second-order valence-electron chi connectivity index (χ2n) is 15.8. The molecule has 0 saturated heterocycles. The Morgan fingerprint density at radius 1 is 0.228 bits per heavy atom. The minimum Gasteiger partial charge on any atom is -0.550 e. The van der Waals surface area contributed by atoms with E-state index in [0.717, 1.165) is 51.4 Å². The Balaban J connectivity index is -0.000000210. The Hall–Kier alpha value is -1.20. The van der Waals surface area contributed by atoms with Crippen LogP contribution in [0.3, 0.4) is 0 Å². The molecule has 0 aliphatic carbocycles. The molecule has 0 heterocycles. The summed E-state index contributed by atoms with van der Waals surface area (Å²) in [4.78, 5) is 40.4. The molecule has 0 saturated carbocycles. The largest absolute Gasteiger partial charge is 4.00 e. The summed E-state index contributed by atoms with van der Waals surface area (Å²) in [7, 11) is 0. The van der Waals surface area contributed by atoms with E-state index < -0.39 is 23.9 Å². The third-order valence-corrected chi connectivity index (χ3v) is 9.94. The first-order valence-electron chi connectivity index (χ1n) is 23.9. The van der Waals surface area contributed by atoms with Gasteiger partial charge in [0.1, 0.15) is 0 Å². The average Bonchev–Trinajstić information content (AvgIpc) is 3.15. The van der Waals surface area contributed by atoms with Gasteiger partial charge in [-0.25, -0.2) is 0 Å². The number of unbranched alkanes of at least 4 members (excludes halogenated alkanes) is 32. The van der Waals surface area contributed by atoms with E-state index >= 15 is 0 Å². The van der Waals surface area contributed by atoms with Crippen molar-refractivity contribution in [3.05, 3.63) is 0 Å². The summed E-state index contributed by atoms with van der Waals surface area (Å²) >= 11 is 0. The van der Waals surface area contributed by atoms with Crippen LogP contribution in [-0.4, -0.2) is 51.2 Å². The summed E-state index contributed by atoms with van der Waals surface area (Å²) in [6, 6.07) is 0. The molecule has 0 aromatic rings. The van der Waals surface area contributed by atoms with Gasteiger partial charge in [-0.1, -0.05) is 233 Å². The molecular weight excluding hydrogens is 912 g/mol. The van der Waals surface area contributed by atoms with Crippen LogP contribution in [0.25, 0.3) is 0 Å². The second-order valence-corrected chi connectivity index (χ2v) is 15.8. The summed E-state index contributed by atoms with van der Waals surface area (Å²) in [5, 5.41) is 40.4. The standard InChI is InChI=1S/4C12H24O2.Pb/c4*1-2-3-4-5-6-7-8-9-10-11-12(13)14;/h4*2-11H2,1H3,(H,13,14);/q;;;;+4/p-4. The zero-order chi connectivity index (χ0) is 42.6. The van der Waals surface area contributed by atoms with Crippen LogP contribution < -0.4 is 20.4 Å². The quantitative estimate of drug-likeness (QED) is 0.0433. The molecule has 9 heteroatoms. The first kappa shape index (κ1) is 64.9. The normalized spacial score (nSPS) is 10.2. The second kappa shape index (κ2) is 61.5. The molecule has 0 radical (unpaired) electrons. The summed E-state index contributed by atoms with van der Waals surface area (Å²) in [5.41, 5.74) is 0. The molecule has 0 fully saturated rings. The van der Waals surface area contributed by atoms with Crippen LogP contribution in [0.2, 0.25) is 0 Å². The number of rotatable bonds is 40. The first-order chi connectivity index (χ1) is 27.1. The van der Waals surface area contributed by atoms with Gasteiger partial charge in [-0.15, -0.1) is 0 Å². The van der Waals surface area contributed by atoms with Gasteiger partial charge in [0, 0.05) is 23.9 Å². The van der Waals surface area contributed by atoms with Crippen LogP contribution in [0, 0.1) is 0 Å². The van der Waals surface area contributed by atoms with Crippen LogP contribution in [-0.2, 0) is 19.2 Å². The predicted octanol–water partition coefficient (Wildman–Crippen LogP) is 10.2. The van der Waals surface area contributed by atoms with Gasteiger partial charge < -0.3 is 39.6 Å². The van der Waals surface area contributed by atoms with Crippen molar-refractivity contribution in [2.45, 2.75) is 285 Å². The molecule has 0 atom stereocenters. The fourth-order valence-corrected chi connectivity index (χ4v) is 6.32. The fraction of sp³-hybridized carbons (Fsp3) is 0.917. The number of carboxylic acids is 4. The topological polar surface area (TPSA) is 161 Å². The monoisotopic (exact) mass is 1000 g/mol. The van der Waals surface area contributed by atoms with Gasteiger partial charge in [-0.3, -0.25) is 0 Å². The van der Waals surface area contributed by atoms with E-state index in [1.54, 1.807) is 0 Å². The molecule has 0 aromatic heterocycles. The maximum Gasteiger partial charge on any atom is 4.00 e. The van der Waals surface area contributed by atoms with Crippen molar-refractivity contribution in [3.8, 4) is 0 Å². The van der Waals surface area contributed by atoms with Crippen molar-refractivity contribution < 1.29 is 39.6 Å². The third-order valence-electron chi connectivity index (χ3n) is 9.94. The Kier molecular flexibility index (Phi) is 70.0. The Labute approximate surface area is 373 Å². The molecule has 0 aliphatic heterocycles. The minimum atomic E-state index is -0.909. The number of carboxylic acid groups (broad SMARTS) is 4. The van der Waals surface area contributed by atoms with Crippen molar-refractivity contribution in [1.82, 2.24) is 0 Å². The van der Waals surface area contributed by atoms with E-state index in [9.17, 15) is 39.6 Å². The van der Waals surface area contributed by atoms with Crippen LogP contribution >= 0.6 is 0 Å². The smallest absolute Gasteiger partial charge is 0.550 e. The molecule has 0 unspecified atom stereocenters. The SMILES string of the molecule is CCCCCCCCCCCC(=O)[O-].CCCCCCCCCCCC(=O)[O-].CCCCCCCCCCCC(=O)[O-].CCCCCCCCCCCC(=O)[O-].[Pb+4]. The zero-order valence-electron chi connectivity index (χ0n) is 38.1. The van der Waals surface area contributed by atoms with Gasteiger partial charge in [0.15, 0.2) is 0 Å². The van der Waals surface area contributed by atoms with Gasteiger partial charge in [-0.2, -0.15) is 0 Å². The molecular formula is C48H92O8Pb. The van der Waals surface area contributed by atoms with Crippen molar-refractivity contribution in [2.75, 3.05) is 0 Å². The van der Waals surface area contributed by atoms with Gasteiger partial charge in [0.2, 0.25) is 0 Å². The molecule has 0 amide bonds. The molecule has 57 heavy (non-hydrogen) atoms. The van der Waals surface area contributed by atoms with Crippen molar-refractivity contribution >= 4 is 51.2 Å². The molecule has 0 spiro atoms. The van der Waals surface area contributed by atoms with E-state index in [4.69, 9.17) is 0 Å². The first-order valence-corrected chi connectivity index (χ1v) is 23.9. The van der Waals surface area contributed by atoms with Crippen molar-refractivity contribution in [2.24, 2.45) is 0 Å². The molecule has 0 aliphatic rings. The average molecular weight is 1000 g/mol. The van der Waals surface area contributed by atoms with E-state index in [2.05, 4.69) is 27.7 Å². The molecule has 0 rings (SSSR count). The summed E-state index contributed by atoms with van der Waals surface area (Å²) in [5.74, 6) is -3.64. The number of carbonyl (C=O) groups is 4. The number of aliphatic carboxylic acids is 4. The number of hydrogen-bond acceptors (Lipinski definition) is 8. The number of hydrogen-bond donors (Lipinski definition) is 0. The molecule has 0 bridgehead atoms. The molecule has 0 N–H and O–H groups in total. The van der Waals surface area contributed by atoms with E-state index in [1.165, 1.54) is 180 Å².